The first-order valence-electron chi connectivity index (χ1n) is 6.05. The Balaban J connectivity index is 2.07. The Kier molecular flexibility index (Phi) is 3.10. The number of nitrogens with zero attached hydrogens (tertiary/aromatic N) is 2. The van der Waals surface area contributed by atoms with Crippen LogP contribution in [-0.2, 0) is 19.4 Å². The summed E-state index contributed by atoms with van der Waals surface area (Å²) < 4.78 is 2.11. The van der Waals surface area contributed by atoms with Gasteiger partial charge in [-0.05, 0) is 37.7 Å². The van der Waals surface area contributed by atoms with Crippen molar-refractivity contribution in [2.24, 2.45) is 11.7 Å². The lowest BCUT2D eigenvalue weighted by atomic mass is 10.2. The molecule has 1 heterocycles. The molecular weight excluding hydrogens is 186 g/mol. The van der Waals surface area contributed by atoms with Crippen molar-refractivity contribution in [3.8, 4) is 0 Å². The van der Waals surface area contributed by atoms with Crippen molar-refractivity contribution in [3.05, 3.63) is 17.5 Å². The molecule has 0 aromatic carbocycles. The van der Waals surface area contributed by atoms with Gasteiger partial charge in [-0.2, -0.15) is 5.10 Å². The molecule has 3 heteroatoms. The van der Waals surface area contributed by atoms with Crippen LogP contribution in [0.25, 0.3) is 0 Å². The molecule has 1 aromatic heterocycles. The van der Waals surface area contributed by atoms with E-state index in [9.17, 15) is 0 Å². The van der Waals surface area contributed by atoms with Gasteiger partial charge in [0.25, 0.3) is 0 Å². The van der Waals surface area contributed by atoms with Crippen molar-refractivity contribution in [2.75, 3.05) is 0 Å². The lowest BCUT2D eigenvalue weighted by Gasteiger charge is -2.12. The van der Waals surface area contributed by atoms with E-state index in [1.54, 1.807) is 0 Å². The fourth-order valence-corrected chi connectivity index (χ4v) is 2.00. The molecule has 0 amide bonds. The van der Waals surface area contributed by atoms with E-state index in [1.165, 1.54) is 24.2 Å². The van der Waals surface area contributed by atoms with Crippen molar-refractivity contribution < 1.29 is 0 Å². The van der Waals surface area contributed by atoms with Gasteiger partial charge < -0.3 is 5.73 Å². The van der Waals surface area contributed by atoms with Crippen LogP contribution in [0.5, 0.6) is 0 Å². The summed E-state index contributed by atoms with van der Waals surface area (Å²) in [5.74, 6) is 0.754. The fourth-order valence-electron chi connectivity index (χ4n) is 2.00. The lowest BCUT2D eigenvalue weighted by Crippen LogP contribution is -2.29. The predicted molar refractivity (Wildman–Crippen MR) is 61.7 cm³/mol. The summed E-state index contributed by atoms with van der Waals surface area (Å²) in [4.78, 5) is 0. The molecule has 1 unspecified atom stereocenters. The van der Waals surface area contributed by atoms with E-state index >= 15 is 0 Å². The highest BCUT2D eigenvalue weighted by Gasteiger charge is 2.29. The van der Waals surface area contributed by atoms with E-state index in [4.69, 9.17) is 5.73 Å². The first kappa shape index (κ1) is 10.7. The first-order chi connectivity index (χ1) is 7.24. The Hall–Kier alpha value is -0.830. The van der Waals surface area contributed by atoms with Gasteiger partial charge in [-0.15, -0.1) is 0 Å². The molecule has 15 heavy (non-hydrogen) atoms. The van der Waals surface area contributed by atoms with Gasteiger partial charge in [-0.3, -0.25) is 4.68 Å². The number of nitrogens with two attached hydrogens (primary N) is 1. The highest BCUT2D eigenvalue weighted by atomic mass is 15.3. The second-order valence-corrected chi connectivity index (χ2v) is 4.52. The van der Waals surface area contributed by atoms with Gasteiger partial charge in [0, 0.05) is 11.7 Å². The summed E-state index contributed by atoms with van der Waals surface area (Å²) in [7, 11) is 0. The number of hydrogen-bond acceptors (Lipinski definition) is 2. The van der Waals surface area contributed by atoms with Crippen LogP contribution < -0.4 is 5.73 Å². The quantitative estimate of drug-likeness (QED) is 0.799. The first-order valence-corrected chi connectivity index (χ1v) is 6.05. The maximum atomic E-state index is 6.12. The normalized spacial score (nSPS) is 18.1. The zero-order valence-electron chi connectivity index (χ0n) is 9.74. The molecule has 0 spiro atoms. The molecule has 0 saturated heterocycles. The second-order valence-electron chi connectivity index (χ2n) is 4.52. The van der Waals surface area contributed by atoms with Gasteiger partial charge in [0.15, 0.2) is 0 Å². The van der Waals surface area contributed by atoms with Crippen LogP contribution in [-0.4, -0.2) is 15.8 Å². The van der Waals surface area contributed by atoms with Crippen molar-refractivity contribution in [1.82, 2.24) is 9.78 Å². The smallest absolute Gasteiger partial charge is 0.0624 e. The molecule has 0 radical (unpaired) electrons. The van der Waals surface area contributed by atoms with Gasteiger partial charge in [0.05, 0.1) is 12.2 Å². The van der Waals surface area contributed by atoms with Crippen LogP contribution in [0.1, 0.15) is 38.1 Å². The second kappa shape index (κ2) is 4.35. The Morgan fingerprint density at radius 2 is 2.20 bits per heavy atom. The van der Waals surface area contributed by atoms with Crippen LogP contribution in [0, 0.1) is 5.92 Å². The van der Waals surface area contributed by atoms with Gasteiger partial charge >= 0.3 is 0 Å². The topological polar surface area (TPSA) is 43.8 Å². The Morgan fingerprint density at radius 1 is 1.47 bits per heavy atom. The highest BCUT2D eigenvalue weighted by molar-refractivity contribution is 5.10. The Bertz CT molecular complexity index is 326. The minimum Gasteiger partial charge on any atom is -0.326 e. The third-order valence-electron chi connectivity index (χ3n) is 3.25. The van der Waals surface area contributed by atoms with Crippen molar-refractivity contribution in [3.63, 3.8) is 0 Å². The molecule has 1 aliphatic carbocycles. The largest absolute Gasteiger partial charge is 0.326 e. The van der Waals surface area contributed by atoms with E-state index in [1.807, 2.05) is 0 Å². The van der Waals surface area contributed by atoms with Crippen LogP contribution >= 0.6 is 0 Å². The summed E-state index contributed by atoms with van der Waals surface area (Å²) in [6.07, 6.45) is 4.68. The summed E-state index contributed by atoms with van der Waals surface area (Å²) in [6.45, 7) is 5.22. The molecule has 84 valence electrons. The maximum Gasteiger partial charge on any atom is 0.0624 e. The van der Waals surface area contributed by atoms with Gasteiger partial charge in [0.2, 0.25) is 0 Å². The molecule has 1 saturated carbocycles. The molecule has 0 bridgehead atoms. The minimum absolute atomic E-state index is 0.305. The minimum atomic E-state index is 0.305. The molecule has 2 N–H and O–H groups in total. The third-order valence-corrected chi connectivity index (χ3v) is 3.25. The van der Waals surface area contributed by atoms with E-state index in [2.05, 4.69) is 29.7 Å². The number of aromatic nitrogens is 2. The molecule has 1 atom stereocenters. The number of rotatable bonds is 5. The summed E-state index contributed by atoms with van der Waals surface area (Å²) >= 11 is 0. The zero-order chi connectivity index (χ0) is 10.8. The molecule has 0 aliphatic heterocycles. The van der Waals surface area contributed by atoms with Crippen LogP contribution in [0.2, 0.25) is 0 Å². The Labute approximate surface area is 91.7 Å². The highest BCUT2D eigenvalue weighted by Crippen LogP contribution is 2.32. The van der Waals surface area contributed by atoms with Gasteiger partial charge in [-0.1, -0.05) is 13.8 Å². The van der Waals surface area contributed by atoms with E-state index in [-0.39, 0.29) is 0 Å². The zero-order valence-corrected chi connectivity index (χ0v) is 9.74. The van der Waals surface area contributed by atoms with E-state index in [0.29, 0.717) is 6.04 Å². The standard InChI is InChI=1S/C12H21N3/c1-3-10-7-11(4-2)15(14-10)8-12(13)9-5-6-9/h7,9,12H,3-6,8,13H2,1-2H3. The molecular formula is C12H21N3. The van der Waals surface area contributed by atoms with Crippen molar-refractivity contribution >= 4 is 0 Å². The average molecular weight is 207 g/mol. The maximum absolute atomic E-state index is 6.12. The third kappa shape index (κ3) is 2.40. The monoisotopic (exact) mass is 207 g/mol. The molecule has 1 fully saturated rings. The average Bonchev–Trinajstić information content (AvgIpc) is 3.01. The van der Waals surface area contributed by atoms with Crippen molar-refractivity contribution in [2.45, 2.75) is 52.1 Å². The van der Waals surface area contributed by atoms with Crippen LogP contribution in [0.3, 0.4) is 0 Å². The van der Waals surface area contributed by atoms with Crippen LogP contribution in [0.15, 0.2) is 6.07 Å². The number of hydrogen-bond donors (Lipinski definition) is 1. The van der Waals surface area contributed by atoms with E-state index < -0.39 is 0 Å². The molecule has 1 aromatic rings. The molecule has 3 nitrogen and oxygen atoms in total. The summed E-state index contributed by atoms with van der Waals surface area (Å²) in [5.41, 5.74) is 8.64. The van der Waals surface area contributed by atoms with E-state index in [0.717, 1.165) is 25.3 Å². The number of aryl methyl sites for hydroxylation is 2. The summed E-state index contributed by atoms with van der Waals surface area (Å²) in [6, 6.07) is 2.51. The SMILES string of the molecule is CCc1cc(CC)n(CC(N)C2CC2)n1. The lowest BCUT2D eigenvalue weighted by molar-refractivity contribution is 0.458. The molecule has 1 aliphatic rings. The van der Waals surface area contributed by atoms with Crippen molar-refractivity contribution in [1.29, 1.82) is 0 Å². The van der Waals surface area contributed by atoms with Gasteiger partial charge in [-0.25, -0.2) is 0 Å². The fraction of sp³-hybridized carbons (Fsp3) is 0.750. The van der Waals surface area contributed by atoms with Gasteiger partial charge in [0.1, 0.15) is 0 Å². The summed E-state index contributed by atoms with van der Waals surface area (Å²) in [5, 5.41) is 4.59. The predicted octanol–water partition coefficient (Wildman–Crippen LogP) is 1.75. The van der Waals surface area contributed by atoms with Crippen LogP contribution in [0.4, 0.5) is 0 Å². The Morgan fingerprint density at radius 3 is 2.73 bits per heavy atom. The molecule has 2 rings (SSSR count).